The molecule has 2 aromatic carbocycles. The van der Waals surface area contributed by atoms with Crippen molar-refractivity contribution in [2.75, 3.05) is 12.4 Å². The van der Waals surface area contributed by atoms with Gasteiger partial charge in [0.2, 0.25) is 5.91 Å². The summed E-state index contributed by atoms with van der Waals surface area (Å²) in [6.07, 6.45) is -0.0148. The molecule has 0 aliphatic rings. The van der Waals surface area contributed by atoms with Crippen LogP contribution in [0.1, 0.15) is 47.4 Å². The number of esters is 1. The molecule has 27 heavy (non-hydrogen) atoms. The predicted octanol–water partition coefficient (Wildman–Crippen LogP) is 3.86. The summed E-state index contributed by atoms with van der Waals surface area (Å²) in [7, 11) is 1.56. The normalized spacial score (nSPS) is 10.4. The van der Waals surface area contributed by atoms with Gasteiger partial charge >= 0.3 is 5.97 Å². The average Bonchev–Trinajstić information content (AvgIpc) is 2.66. The fourth-order valence-corrected chi connectivity index (χ4v) is 2.34. The Morgan fingerprint density at radius 1 is 0.889 bits per heavy atom. The Morgan fingerprint density at radius 2 is 1.48 bits per heavy atom. The Labute approximate surface area is 158 Å². The van der Waals surface area contributed by atoms with Gasteiger partial charge in [-0.15, -0.1) is 0 Å². The van der Waals surface area contributed by atoms with Crippen molar-refractivity contribution in [2.45, 2.75) is 32.8 Å². The summed E-state index contributed by atoms with van der Waals surface area (Å²) in [6.45, 7) is 3.56. The van der Waals surface area contributed by atoms with Crippen molar-refractivity contribution in [1.82, 2.24) is 0 Å². The largest absolute Gasteiger partial charge is 0.497 e. The molecule has 0 unspecified atom stereocenters. The number of carbonyl (C=O) groups is 3. The molecule has 2 aromatic rings. The highest BCUT2D eigenvalue weighted by Gasteiger charge is 2.11. The second-order valence-electron chi connectivity index (χ2n) is 6.23. The van der Waals surface area contributed by atoms with E-state index in [4.69, 9.17) is 9.47 Å². The summed E-state index contributed by atoms with van der Waals surface area (Å²) in [5.41, 5.74) is 1.51. The third-order valence-electron chi connectivity index (χ3n) is 3.74. The highest BCUT2D eigenvalue weighted by molar-refractivity contribution is 6.00. The molecule has 142 valence electrons. The first-order chi connectivity index (χ1) is 12.9. The van der Waals surface area contributed by atoms with Crippen molar-refractivity contribution in [3.05, 3.63) is 59.7 Å². The lowest BCUT2D eigenvalue weighted by Gasteiger charge is -2.09. The molecule has 6 nitrogen and oxygen atoms in total. The van der Waals surface area contributed by atoms with Crippen LogP contribution in [0.15, 0.2) is 48.5 Å². The fraction of sp³-hybridized carbons (Fsp3) is 0.286. The van der Waals surface area contributed by atoms with E-state index >= 15 is 0 Å². The molecular formula is C21H23NO5. The summed E-state index contributed by atoms with van der Waals surface area (Å²) < 4.78 is 10.2. The van der Waals surface area contributed by atoms with Gasteiger partial charge in [-0.1, -0.05) is 0 Å². The number of nitrogens with one attached hydrogen (secondary N) is 1. The maximum atomic E-state index is 12.1. The molecule has 6 heteroatoms. The number of ether oxygens (including phenoxy) is 2. The minimum atomic E-state index is -0.409. The zero-order chi connectivity index (χ0) is 19.8. The number of anilines is 1. The molecule has 0 aliphatic carbocycles. The second kappa shape index (κ2) is 9.52. The van der Waals surface area contributed by atoms with E-state index in [9.17, 15) is 14.4 Å². The van der Waals surface area contributed by atoms with E-state index < -0.39 is 5.97 Å². The molecule has 0 saturated heterocycles. The van der Waals surface area contributed by atoms with Crippen LogP contribution in [-0.2, 0) is 9.53 Å². The zero-order valence-corrected chi connectivity index (χ0v) is 15.7. The summed E-state index contributed by atoms with van der Waals surface area (Å²) in [5.74, 6) is -0.119. The summed E-state index contributed by atoms with van der Waals surface area (Å²) in [4.78, 5) is 36.0. The molecule has 0 bridgehead atoms. The molecule has 0 fully saturated rings. The van der Waals surface area contributed by atoms with E-state index in [1.54, 1.807) is 69.5 Å². The van der Waals surface area contributed by atoms with Crippen LogP contribution in [0.3, 0.4) is 0 Å². The van der Waals surface area contributed by atoms with Crippen LogP contribution in [0, 0.1) is 0 Å². The van der Waals surface area contributed by atoms with Gasteiger partial charge in [0.1, 0.15) is 5.75 Å². The Hall–Kier alpha value is -3.15. The Bertz CT molecular complexity index is 794. The molecule has 0 aromatic heterocycles. The van der Waals surface area contributed by atoms with E-state index in [0.29, 0.717) is 22.6 Å². The molecular weight excluding hydrogens is 346 g/mol. The first-order valence-corrected chi connectivity index (χ1v) is 8.67. The van der Waals surface area contributed by atoms with E-state index in [0.717, 1.165) is 0 Å². The average molecular weight is 369 g/mol. The maximum Gasteiger partial charge on any atom is 0.338 e. The maximum absolute atomic E-state index is 12.1. The van der Waals surface area contributed by atoms with E-state index in [-0.39, 0.29) is 30.6 Å². The van der Waals surface area contributed by atoms with Gasteiger partial charge in [-0.05, 0) is 62.4 Å². The zero-order valence-electron chi connectivity index (χ0n) is 15.7. The number of hydrogen-bond acceptors (Lipinski definition) is 5. The van der Waals surface area contributed by atoms with E-state index in [1.165, 1.54) is 0 Å². The Morgan fingerprint density at radius 3 is 2.04 bits per heavy atom. The minimum absolute atomic E-state index is 0.0714. The lowest BCUT2D eigenvalue weighted by molar-refractivity contribution is -0.116. The van der Waals surface area contributed by atoms with Crippen LogP contribution in [0.5, 0.6) is 5.75 Å². The van der Waals surface area contributed by atoms with Crippen LogP contribution in [0.2, 0.25) is 0 Å². The quantitative estimate of drug-likeness (QED) is 0.564. The summed E-state index contributed by atoms with van der Waals surface area (Å²) in [6, 6.07) is 13.2. The number of amides is 1. The van der Waals surface area contributed by atoms with Crippen molar-refractivity contribution in [3.63, 3.8) is 0 Å². The van der Waals surface area contributed by atoms with Crippen molar-refractivity contribution in [2.24, 2.45) is 0 Å². The highest BCUT2D eigenvalue weighted by Crippen LogP contribution is 2.15. The smallest absolute Gasteiger partial charge is 0.338 e. The van der Waals surface area contributed by atoms with Gasteiger partial charge in [0.15, 0.2) is 5.78 Å². The van der Waals surface area contributed by atoms with Gasteiger partial charge in [0, 0.05) is 24.1 Å². The number of methoxy groups -OCH3 is 1. The van der Waals surface area contributed by atoms with Crippen molar-refractivity contribution < 1.29 is 23.9 Å². The number of benzene rings is 2. The van der Waals surface area contributed by atoms with Gasteiger partial charge in [-0.25, -0.2) is 4.79 Å². The van der Waals surface area contributed by atoms with Gasteiger partial charge in [-0.2, -0.15) is 0 Å². The third kappa shape index (κ3) is 6.26. The van der Waals surface area contributed by atoms with Crippen molar-refractivity contribution in [1.29, 1.82) is 0 Å². The van der Waals surface area contributed by atoms with Gasteiger partial charge in [0.25, 0.3) is 0 Å². The van der Waals surface area contributed by atoms with Gasteiger partial charge in [-0.3, -0.25) is 9.59 Å². The van der Waals surface area contributed by atoms with Crippen LogP contribution in [0.4, 0.5) is 5.69 Å². The topological polar surface area (TPSA) is 81.7 Å². The van der Waals surface area contributed by atoms with Crippen LogP contribution >= 0.6 is 0 Å². The Kier molecular flexibility index (Phi) is 7.11. The lowest BCUT2D eigenvalue weighted by Crippen LogP contribution is -2.14. The molecule has 0 aliphatic heterocycles. The van der Waals surface area contributed by atoms with Crippen molar-refractivity contribution in [3.8, 4) is 5.75 Å². The summed E-state index contributed by atoms with van der Waals surface area (Å²) in [5, 5.41) is 2.71. The minimum Gasteiger partial charge on any atom is -0.497 e. The van der Waals surface area contributed by atoms with Crippen molar-refractivity contribution >= 4 is 23.3 Å². The van der Waals surface area contributed by atoms with Gasteiger partial charge in [0.05, 0.1) is 18.8 Å². The molecule has 0 atom stereocenters. The molecule has 1 N–H and O–H groups in total. The first kappa shape index (κ1) is 20.2. The lowest BCUT2D eigenvalue weighted by atomic mass is 10.1. The molecule has 0 saturated carbocycles. The van der Waals surface area contributed by atoms with Gasteiger partial charge < -0.3 is 14.8 Å². The predicted molar refractivity (Wildman–Crippen MR) is 102 cm³/mol. The Balaban J connectivity index is 1.84. The molecule has 1 amide bonds. The SMILES string of the molecule is COc1ccc(C(=O)CCC(=O)Nc2ccc(C(=O)OC(C)C)cc2)cc1. The number of ketones is 1. The molecule has 0 radical (unpaired) electrons. The van der Waals surface area contributed by atoms with Crippen LogP contribution in [-0.4, -0.2) is 30.9 Å². The fourth-order valence-electron chi connectivity index (χ4n) is 2.34. The van der Waals surface area contributed by atoms with Crippen LogP contribution < -0.4 is 10.1 Å². The standard InChI is InChI=1S/C21H23NO5/c1-14(2)27-21(25)16-4-8-17(9-5-16)22-20(24)13-12-19(23)15-6-10-18(26-3)11-7-15/h4-11,14H,12-13H2,1-3H3,(H,22,24). The highest BCUT2D eigenvalue weighted by atomic mass is 16.5. The molecule has 0 heterocycles. The monoisotopic (exact) mass is 369 g/mol. The number of rotatable bonds is 8. The van der Waals surface area contributed by atoms with E-state index in [2.05, 4.69) is 5.32 Å². The number of Topliss-reactive ketones (excluding diaryl/α,β-unsaturated/α-hetero) is 1. The summed E-state index contributed by atoms with van der Waals surface area (Å²) >= 11 is 0. The van der Waals surface area contributed by atoms with E-state index in [1.807, 2.05) is 0 Å². The second-order valence-corrected chi connectivity index (χ2v) is 6.23. The number of carbonyl (C=O) groups excluding carboxylic acids is 3. The number of hydrogen-bond donors (Lipinski definition) is 1. The van der Waals surface area contributed by atoms with Crippen LogP contribution in [0.25, 0.3) is 0 Å². The molecule has 2 rings (SSSR count). The molecule has 0 spiro atoms. The first-order valence-electron chi connectivity index (χ1n) is 8.67. The third-order valence-corrected chi connectivity index (χ3v) is 3.74.